The zero-order valence-corrected chi connectivity index (χ0v) is 18.3. The lowest BCUT2D eigenvalue weighted by Crippen LogP contribution is -2.42. The molecule has 0 radical (unpaired) electrons. The van der Waals surface area contributed by atoms with Gasteiger partial charge in [0.15, 0.2) is 0 Å². The van der Waals surface area contributed by atoms with Gasteiger partial charge in [-0.1, -0.05) is 25.4 Å². The van der Waals surface area contributed by atoms with Gasteiger partial charge in [0.1, 0.15) is 5.75 Å². The number of carbonyl (C=O) groups excluding carboxylic acids is 1. The summed E-state index contributed by atoms with van der Waals surface area (Å²) in [5, 5.41) is 0.625. The van der Waals surface area contributed by atoms with Crippen LogP contribution in [0.3, 0.4) is 0 Å². The largest absolute Gasteiger partial charge is 0.415 e. The monoisotopic (exact) mass is 410 g/mol. The van der Waals surface area contributed by atoms with Crippen LogP contribution in [0.4, 0.5) is 4.79 Å². The lowest BCUT2D eigenvalue weighted by Gasteiger charge is -2.34. The lowest BCUT2D eigenvalue weighted by atomic mass is 9.92. The van der Waals surface area contributed by atoms with Crippen LogP contribution in [0.2, 0.25) is 5.02 Å². The van der Waals surface area contributed by atoms with Crippen molar-refractivity contribution >= 4 is 17.7 Å². The zero-order valence-electron chi connectivity index (χ0n) is 17.5. The first-order chi connectivity index (χ1) is 13.5. The van der Waals surface area contributed by atoms with Gasteiger partial charge in [-0.25, -0.2) is 4.79 Å². The van der Waals surface area contributed by atoms with Crippen LogP contribution in [-0.4, -0.2) is 61.3 Å². The maximum atomic E-state index is 12.4. The topological polar surface area (TPSA) is 42.0 Å². The molecule has 0 bridgehead atoms. The van der Waals surface area contributed by atoms with Gasteiger partial charge in [-0.05, 0) is 82.4 Å². The standard InChI is InChI=1S/C22H35ClN2O3/c1-4-25(5-2)16-6-7-17-27-20-14-10-19(11-15-20)24(3)22(26)28-21-12-8-18(23)9-13-21/h8-9,12-13,19-20H,4-7,10-11,14-17H2,1-3H3. The van der Waals surface area contributed by atoms with Gasteiger partial charge in [0, 0.05) is 24.7 Å². The van der Waals surface area contributed by atoms with Gasteiger partial charge < -0.3 is 19.3 Å². The van der Waals surface area contributed by atoms with E-state index in [9.17, 15) is 4.79 Å². The third kappa shape index (κ3) is 7.61. The molecule has 1 amide bonds. The van der Waals surface area contributed by atoms with Crippen molar-refractivity contribution in [2.45, 2.75) is 64.5 Å². The summed E-state index contributed by atoms with van der Waals surface area (Å²) in [4.78, 5) is 16.5. The highest BCUT2D eigenvalue weighted by atomic mass is 35.5. The SMILES string of the molecule is CCN(CC)CCCCOC1CCC(N(C)C(=O)Oc2ccc(Cl)cc2)CC1. The summed E-state index contributed by atoms with van der Waals surface area (Å²) in [6, 6.07) is 7.06. The molecule has 158 valence electrons. The number of hydrogen-bond acceptors (Lipinski definition) is 4. The van der Waals surface area contributed by atoms with Gasteiger partial charge in [0.05, 0.1) is 6.10 Å². The van der Waals surface area contributed by atoms with Gasteiger partial charge in [0.25, 0.3) is 0 Å². The highest BCUT2D eigenvalue weighted by Crippen LogP contribution is 2.25. The molecule has 0 aliphatic heterocycles. The summed E-state index contributed by atoms with van der Waals surface area (Å²) in [7, 11) is 1.82. The first-order valence-corrected chi connectivity index (χ1v) is 10.9. The molecule has 2 rings (SSSR count). The lowest BCUT2D eigenvalue weighted by molar-refractivity contribution is 0.00999. The number of carbonyl (C=O) groups is 1. The number of hydrogen-bond donors (Lipinski definition) is 0. The maximum absolute atomic E-state index is 12.4. The van der Waals surface area contributed by atoms with Crippen molar-refractivity contribution in [3.63, 3.8) is 0 Å². The molecule has 1 aliphatic carbocycles. The molecule has 6 heteroatoms. The maximum Gasteiger partial charge on any atom is 0.415 e. The van der Waals surface area contributed by atoms with Crippen molar-refractivity contribution < 1.29 is 14.3 Å². The molecule has 1 aromatic rings. The van der Waals surface area contributed by atoms with Crippen LogP contribution in [0, 0.1) is 0 Å². The average Bonchev–Trinajstić information content (AvgIpc) is 2.72. The Morgan fingerprint density at radius 2 is 1.71 bits per heavy atom. The van der Waals surface area contributed by atoms with Crippen molar-refractivity contribution in [2.24, 2.45) is 0 Å². The van der Waals surface area contributed by atoms with Crippen molar-refractivity contribution in [2.75, 3.05) is 33.3 Å². The Labute approximate surface area is 174 Å². The van der Waals surface area contributed by atoms with Crippen LogP contribution in [-0.2, 0) is 4.74 Å². The Morgan fingerprint density at radius 3 is 2.32 bits per heavy atom. The molecule has 0 saturated heterocycles. The summed E-state index contributed by atoms with van der Waals surface area (Å²) >= 11 is 5.86. The number of amides is 1. The minimum absolute atomic E-state index is 0.210. The molecule has 1 saturated carbocycles. The van der Waals surface area contributed by atoms with Gasteiger partial charge in [-0.2, -0.15) is 0 Å². The summed E-state index contributed by atoms with van der Waals surface area (Å²) in [6.07, 6.45) is 6.22. The number of rotatable bonds is 10. The fraction of sp³-hybridized carbons (Fsp3) is 0.682. The zero-order chi connectivity index (χ0) is 20.4. The molecule has 1 aliphatic rings. The second-order valence-electron chi connectivity index (χ2n) is 7.47. The Bertz CT molecular complexity index is 570. The van der Waals surface area contributed by atoms with E-state index >= 15 is 0 Å². The quantitative estimate of drug-likeness (QED) is 0.496. The van der Waals surface area contributed by atoms with Crippen LogP contribution < -0.4 is 4.74 Å². The Hall–Kier alpha value is -1.30. The fourth-order valence-electron chi connectivity index (χ4n) is 3.65. The van der Waals surface area contributed by atoms with E-state index in [1.165, 1.54) is 6.42 Å². The normalized spacial score (nSPS) is 19.6. The van der Waals surface area contributed by atoms with Crippen LogP contribution in [0.5, 0.6) is 5.75 Å². The molecule has 28 heavy (non-hydrogen) atoms. The summed E-state index contributed by atoms with van der Waals surface area (Å²) in [5.74, 6) is 0.517. The van der Waals surface area contributed by atoms with Gasteiger partial charge in [-0.3, -0.25) is 0 Å². The van der Waals surface area contributed by atoms with Crippen LogP contribution in [0.15, 0.2) is 24.3 Å². The van der Waals surface area contributed by atoms with Crippen LogP contribution in [0.1, 0.15) is 52.4 Å². The number of halogens is 1. The van der Waals surface area contributed by atoms with Crippen molar-refractivity contribution in [3.8, 4) is 5.75 Å². The Kier molecular flexibility index (Phi) is 10.1. The molecule has 0 spiro atoms. The molecule has 1 fully saturated rings. The Balaban J connectivity index is 1.62. The van der Waals surface area contributed by atoms with Crippen molar-refractivity contribution in [1.82, 2.24) is 9.80 Å². The molecule has 5 nitrogen and oxygen atoms in total. The van der Waals surface area contributed by atoms with Crippen LogP contribution in [0.25, 0.3) is 0 Å². The van der Waals surface area contributed by atoms with E-state index in [1.807, 2.05) is 7.05 Å². The van der Waals surface area contributed by atoms with E-state index in [4.69, 9.17) is 21.1 Å². The van der Waals surface area contributed by atoms with E-state index in [-0.39, 0.29) is 12.1 Å². The van der Waals surface area contributed by atoms with Gasteiger partial charge >= 0.3 is 6.09 Å². The molecular weight excluding hydrogens is 376 g/mol. The molecule has 0 N–H and O–H groups in total. The van der Waals surface area contributed by atoms with E-state index in [2.05, 4.69) is 18.7 Å². The number of benzene rings is 1. The predicted molar refractivity (Wildman–Crippen MR) is 114 cm³/mol. The second-order valence-corrected chi connectivity index (χ2v) is 7.90. The molecule has 0 atom stereocenters. The highest BCUT2D eigenvalue weighted by molar-refractivity contribution is 6.30. The van der Waals surface area contributed by atoms with E-state index in [0.29, 0.717) is 16.9 Å². The van der Waals surface area contributed by atoms with Gasteiger partial charge in [0.2, 0.25) is 0 Å². The Morgan fingerprint density at radius 1 is 1.07 bits per heavy atom. The van der Waals surface area contributed by atoms with Gasteiger partial charge in [-0.15, -0.1) is 0 Å². The first kappa shape index (κ1) is 23.0. The number of ether oxygens (including phenoxy) is 2. The highest BCUT2D eigenvalue weighted by Gasteiger charge is 2.27. The smallest absolute Gasteiger partial charge is 0.410 e. The summed E-state index contributed by atoms with van der Waals surface area (Å²) in [5.41, 5.74) is 0. The van der Waals surface area contributed by atoms with Crippen molar-refractivity contribution in [3.05, 3.63) is 29.3 Å². The van der Waals surface area contributed by atoms with E-state index in [0.717, 1.165) is 58.3 Å². The van der Waals surface area contributed by atoms with E-state index < -0.39 is 0 Å². The summed E-state index contributed by atoms with van der Waals surface area (Å²) < 4.78 is 11.5. The van der Waals surface area contributed by atoms with E-state index in [1.54, 1.807) is 29.2 Å². The van der Waals surface area contributed by atoms with Crippen LogP contribution >= 0.6 is 11.6 Å². The molecule has 0 heterocycles. The summed E-state index contributed by atoms with van der Waals surface area (Å²) in [6.45, 7) is 8.65. The molecular formula is C22H35ClN2O3. The average molecular weight is 411 g/mol. The predicted octanol–water partition coefficient (Wildman–Crippen LogP) is 5.22. The number of nitrogens with zero attached hydrogens (tertiary/aromatic N) is 2. The fourth-order valence-corrected chi connectivity index (χ4v) is 3.78. The van der Waals surface area contributed by atoms with Crippen molar-refractivity contribution in [1.29, 1.82) is 0 Å². The minimum atomic E-state index is -0.317. The number of unbranched alkanes of at least 4 members (excludes halogenated alkanes) is 1. The molecule has 1 aromatic carbocycles. The third-order valence-electron chi connectivity index (χ3n) is 5.61. The third-order valence-corrected chi connectivity index (χ3v) is 5.87. The molecule has 0 unspecified atom stereocenters. The minimum Gasteiger partial charge on any atom is -0.410 e. The second kappa shape index (κ2) is 12.3. The first-order valence-electron chi connectivity index (χ1n) is 10.6. The molecule has 0 aromatic heterocycles.